The van der Waals surface area contributed by atoms with Gasteiger partial charge in [0.1, 0.15) is 17.4 Å². The predicted molar refractivity (Wildman–Crippen MR) is 140 cm³/mol. The average molecular weight is 475 g/mol. The van der Waals surface area contributed by atoms with E-state index >= 15 is 0 Å². The van der Waals surface area contributed by atoms with Gasteiger partial charge < -0.3 is 21.1 Å². The molecule has 9 nitrogen and oxygen atoms in total. The van der Waals surface area contributed by atoms with Gasteiger partial charge in [-0.2, -0.15) is 5.10 Å². The summed E-state index contributed by atoms with van der Waals surface area (Å²) in [5.74, 6) is 2.87. The minimum Gasteiger partial charge on any atom is -0.499 e. The van der Waals surface area contributed by atoms with E-state index in [0.29, 0.717) is 24.1 Å². The Labute approximate surface area is 206 Å². The van der Waals surface area contributed by atoms with Crippen LogP contribution in [0, 0.1) is 5.41 Å². The molecule has 1 fully saturated rings. The maximum atomic E-state index is 9.19. The Kier molecular flexibility index (Phi) is 5.78. The molecule has 2 unspecified atom stereocenters. The summed E-state index contributed by atoms with van der Waals surface area (Å²) in [6.45, 7) is 4.14. The van der Waals surface area contributed by atoms with E-state index in [1.165, 1.54) is 18.5 Å². The molecule has 0 amide bonds. The molecule has 0 saturated heterocycles. The molecule has 2 heterocycles. The van der Waals surface area contributed by atoms with Gasteiger partial charge in [-0.25, -0.2) is 4.99 Å². The van der Waals surface area contributed by atoms with Crippen molar-refractivity contribution in [2.24, 2.45) is 10.7 Å². The van der Waals surface area contributed by atoms with Crippen molar-refractivity contribution in [3.05, 3.63) is 64.7 Å². The number of fused-ring (bicyclic) bond motifs is 1. The number of aliphatic imine (C=N–C) groups is 1. The molecule has 1 aliphatic heterocycles. The third-order valence-electron chi connectivity index (χ3n) is 7.16. The number of likely N-dealkylation sites (N-methyl/N-ethyl adjacent to an activating group) is 1. The van der Waals surface area contributed by atoms with Crippen LogP contribution in [0.25, 0.3) is 0 Å². The zero-order chi connectivity index (χ0) is 24.7. The summed E-state index contributed by atoms with van der Waals surface area (Å²) in [5, 5.41) is 23.6. The number of rotatable bonds is 8. The van der Waals surface area contributed by atoms with Gasteiger partial charge in [0, 0.05) is 36.7 Å². The number of para-hydroxylation sites is 1. The Bertz CT molecular complexity index is 1240. The third kappa shape index (κ3) is 4.05. The van der Waals surface area contributed by atoms with Crippen molar-refractivity contribution in [2.75, 3.05) is 24.4 Å². The van der Waals surface area contributed by atoms with Crippen LogP contribution in [-0.4, -0.2) is 41.7 Å². The number of aromatic amines is 1. The number of methoxy groups -OCH3 is 1. The van der Waals surface area contributed by atoms with Crippen LogP contribution in [0.1, 0.15) is 62.7 Å². The molecule has 0 spiro atoms. The van der Waals surface area contributed by atoms with E-state index in [4.69, 9.17) is 15.5 Å². The summed E-state index contributed by atoms with van der Waals surface area (Å²) in [6, 6.07) is 10.2. The Morgan fingerprint density at radius 2 is 2.11 bits per heavy atom. The fourth-order valence-corrected chi connectivity index (χ4v) is 5.06. The van der Waals surface area contributed by atoms with Gasteiger partial charge in [-0.15, -0.1) is 0 Å². The Morgan fingerprint density at radius 1 is 1.34 bits per heavy atom. The van der Waals surface area contributed by atoms with Gasteiger partial charge in [-0.3, -0.25) is 15.4 Å². The number of aromatic nitrogens is 2. The topological polar surface area (TPSA) is 127 Å². The van der Waals surface area contributed by atoms with Crippen molar-refractivity contribution in [2.45, 2.75) is 57.0 Å². The second kappa shape index (κ2) is 8.79. The van der Waals surface area contributed by atoms with Crippen LogP contribution in [0.2, 0.25) is 0 Å². The van der Waals surface area contributed by atoms with Crippen LogP contribution >= 0.6 is 0 Å². The van der Waals surface area contributed by atoms with E-state index in [1.807, 2.05) is 38.2 Å². The number of ether oxygens (including phenoxy) is 1. The number of nitrogens with two attached hydrogens (primary N) is 1. The molecule has 3 aliphatic rings. The van der Waals surface area contributed by atoms with Crippen LogP contribution in [-0.2, 0) is 4.74 Å². The zero-order valence-electron chi connectivity index (χ0n) is 20.8. The molecule has 2 aromatic rings. The highest BCUT2D eigenvalue weighted by molar-refractivity contribution is 6.26. The van der Waals surface area contributed by atoms with Gasteiger partial charge in [0.2, 0.25) is 5.96 Å². The Morgan fingerprint density at radius 3 is 2.80 bits per heavy atom. The van der Waals surface area contributed by atoms with E-state index in [2.05, 4.69) is 39.9 Å². The molecule has 6 N–H and O–H groups in total. The largest absolute Gasteiger partial charge is 0.499 e. The first kappa shape index (κ1) is 23.0. The minimum absolute atomic E-state index is 0.0105. The van der Waals surface area contributed by atoms with Crippen LogP contribution in [0.4, 0.5) is 11.5 Å². The fourth-order valence-electron chi connectivity index (χ4n) is 5.06. The van der Waals surface area contributed by atoms with Gasteiger partial charge in [0.25, 0.3) is 0 Å². The number of hydrogen-bond acceptors (Lipinski definition) is 7. The lowest BCUT2D eigenvalue weighted by Crippen LogP contribution is -2.53. The summed E-state index contributed by atoms with van der Waals surface area (Å²) >= 11 is 0. The molecule has 9 heteroatoms. The number of amidine groups is 1. The molecule has 2 aliphatic carbocycles. The number of allylic oxidation sites excluding steroid dienone is 1. The molecule has 184 valence electrons. The highest BCUT2D eigenvalue weighted by Crippen LogP contribution is 2.42. The molecule has 0 radical (unpaired) electrons. The third-order valence-corrected chi connectivity index (χ3v) is 7.16. The molecule has 1 saturated carbocycles. The van der Waals surface area contributed by atoms with Gasteiger partial charge in [0.15, 0.2) is 0 Å². The molecule has 2 atom stereocenters. The first-order valence-electron chi connectivity index (χ1n) is 12.2. The van der Waals surface area contributed by atoms with Crippen LogP contribution in [0.3, 0.4) is 0 Å². The molecule has 1 aromatic heterocycles. The van der Waals surface area contributed by atoms with E-state index in [-0.39, 0.29) is 6.04 Å². The molecule has 0 bridgehead atoms. The number of nitrogens with one attached hydrogen (secondary N) is 4. The highest BCUT2D eigenvalue weighted by atomic mass is 16.5. The van der Waals surface area contributed by atoms with E-state index < -0.39 is 5.54 Å². The van der Waals surface area contributed by atoms with Gasteiger partial charge in [0.05, 0.1) is 30.1 Å². The summed E-state index contributed by atoms with van der Waals surface area (Å²) in [6.07, 6.45) is 5.77. The number of guanidine groups is 1. The standard InChI is InChI=1S/C26H34N8O/c1-5-18(30-23-13-19(32-33-23)15-10-11-15)16-8-6-7-9-21(16)34-24(27)17-12-20(29-3)22(35-4)14-26(17,2)31-25(34)28/h6-9,12-13,15,18,27,29H,5,10-11,14H2,1-4H3,(H2,28,31)(H2,30,32,33). The van der Waals surface area contributed by atoms with Crippen LogP contribution in [0.5, 0.6) is 0 Å². The van der Waals surface area contributed by atoms with Crippen LogP contribution < -0.4 is 21.3 Å². The summed E-state index contributed by atoms with van der Waals surface area (Å²) in [4.78, 5) is 6.63. The van der Waals surface area contributed by atoms with Crippen molar-refractivity contribution in [1.82, 2.24) is 15.5 Å². The lowest BCUT2D eigenvalue weighted by molar-refractivity contribution is 0.252. The molecular formula is C26H34N8O. The first-order chi connectivity index (χ1) is 16.9. The van der Waals surface area contributed by atoms with Crippen molar-refractivity contribution >= 4 is 23.3 Å². The van der Waals surface area contributed by atoms with E-state index in [9.17, 15) is 5.41 Å². The number of benzene rings is 1. The normalized spacial score (nSPS) is 22.9. The van der Waals surface area contributed by atoms with Gasteiger partial charge in [-0.05, 0) is 43.9 Å². The quantitative estimate of drug-likeness (QED) is 0.391. The number of anilines is 2. The number of nitrogens with zero attached hydrogens (tertiary/aromatic N) is 3. The Balaban J connectivity index is 1.51. The second-order valence-electron chi connectivity index (χ2n) is 9.60. The average Bonchev–Trinajstić information content (AvgIpc) is 3.60. The smallest absolute Gasteiger partial charge is 0.202 e. The Hall–Kier alpha value is -3.75. The maximum absolute atomic E-state index is 9.19. The molecule has 1 aromatic carbocycles. The van der Waals surface area contributed by atoms with Crippen LogP contribution in [0.15, 0.2) is 58.4 Å². The second-order valence-corrected chi connectivity index (χ2v) is 9.60. The van der Waals surface area contributed by atoms with E-state index in [1.54, 1.807) is 12.0 Å². The summed E-state index contributed by atoms with van der Waals surface area (Å²) in [5.41, 5.74) is 10.6. The van der Waals surface area contributed by atoms with Gasteiger partial charge in [-0.1, -0.05) is 25.1 Å². The molecule has 5 rings (SSSR count). The monoisotopic (exact) mass is 474 g/mol. The van der Waals surface area contributed by atoms with Crippen molar-refractivity contribution in [3.8, 4) is 0 Å². The number of H-pyrrole nitrogens is 1. The minimum atomic E-state index is -0.658. The van der Waals surface area contributed by atoms with Crippen molar-refractivity contribution < 1.29 is 4.74 Å². The van der Waals surface area contributed by atoms with Crippen molar-refractivity contribution in [1.29, 1.82) is 5.41 Å². The SMILES string of the molecule is CCC(Nc1cc(C2CC2)[nH]n1)c1ccccc1N1C(=N)C2=CC(NC)=C(OC)CC2(C)N=C1N. The maximum Gasteiger partial charge on any atom is 0.202 e. The molecule has 35 heavy (non-hydrogen) atoms. The lowest BCUT2D eigenvalue weighted by Gasteiger charge is -2.42. The summed E-state index contributed by atoms with van der Waals surface area (Å²) in [7, 11) is 3.51. The first-order valence-corrected chi connectivity index (χ1v) is 12.2. The van der Waals surface area contributed by atoms with Crippen molar-refractivity contribution in [3.63, 3.8) is 0 Å². The zero-order valence-corrected chi connectivity index (χ0v) is 20.8. The summed E-state index contributed by atoms with van der Waals surface area (Å²) < 4.78 is 5.59. The lowest BCUT2D eigenvalue weighted by atomic mass is 9.81. The predicted octanol–water partition coefficient (Wildman–Crippen LogP) is 4.13. The van der Waals surface area contributed by atoms with E-state index in [0.717, 1.165) is 40.5 Å². The highest BCUT2D eigenvalue weighted by Gasteiger charge is 2.43. The van der Waals surface area contributed by atoms with Gasteiger partial charge >= 0.3 is 0 Å². The molecular weight excluding hydrogens is 440 g/mol. The fraction of sp³-hybridized carbons (Fsp3) is 0.423. The number of hydrogen-bond donors (Lipinski definition) is 5.